The number of carbonyl (C=O) groups is 1. The smallest absolute Gasteiger partial charge is 0.251 e. The van der Waals surface area contributed by atoms with Crippen molar-refractivity contribution < 1.29 is 17.9 Å². The van der Waals surface area contributed by atoms with Crippen LogP contribution < -0.4 is 20.5 Å². The molecule has 0 fully saturated rings. The highest BCUT2D eigenvalue weighted by molar-refractivity contribution is 7.89. The van der Waals surface area contributed by atoms with Gasteiger partial charge in [-0.3, -0.25) is 4.79 Å². The lowest BCUT2D eigenvalue weighted by atomic mass is 10.2. The molecule has 0 atom stereocenters. The number of hydrogen-bond donors (Lipinski definition) is 3. The van der Waals surface area contributed by atoms with Crippen LogP contribution >= 0.6 is 0 Å². The van der Waals surface area contributed by atoms with E-state index in [1.165, 1.54) is 32.4 Å². The number of nitrogens with two attached hydrogens (primary N) is 1. The Morgan fingerprint density at radius 2 is 2.05 bits per heavy atom. The molecule has 7 nitrogen and oxygen atoms in total. The third kappa shape index (κ3) is 4.69. The molecule has 0 aliphatic carbocycles. The van der Waals surface area contributed by atoms with Gasteiger partial charge in [-0.05, 0) is 44.6 Å². The first kappa shape index (κ1) is 17.4. The van der Waals surface area contributed by atoms with Gasteiger partial charge >= 0.3 is 0 Å². The van der Waals surface area contributed by atoms with E-state index in [0.29, 0.717) is 13.1 Å². The number of rotatable bonds is 8. The maximum absolute atomic E-state index is 12.0. The zero-order valence-corrected chi connectivity index (χ0v) is 13.0. The van der Waals surface area contributed by atoms with E-state index in [-0.39, 0.29) is 22.1 Å². The molecule has 0 aliphatic rings. The Kier molecular flexibility index (Phi) is 6.60. The summed E-state index contributed by atoms with van der Waals surface area (Å²) in [6.07, 6.45) is 1.60. The molecule has 0 saturated heterocycles. The molecule has 0 unspecified atom stereocenters. The molecule has 0 aromatic heterocycles. The minimum absolute atomic E-state index is 0.0675. The van der Waals surface area contributed by atoms with E-state index in [9.17, 15) is 13.2 Å². The Hall–Kier alpha value is -1.64. The Morgan fingerprint density at radius 1 is 1.33 bits per heavy atom. The second-order valence-electron chi connectivity index (χ2n) is 4.32. The van der Waals surface area contributed by atoms with Gasteiger partial charge in [0.2, 0.25) is 10.0 Å². The lowest BCUT2D eigenvalue weighted by Gasteiger charge is -2.11. The number of unbranched alkanes of at least 4 members (excludes halogenated alkanes) is 1. The highest BCUT2D eigenvalue weighted by Gasteiger charge is 2.19. The summed E-state index contributed by atoms with van der Waals surface area (Å²) in [6.45, 7) is 1.07. The lowest BCUT2D eigenvalue weighted by molar-refractivity contribution is 0.0953. The number of hydrogen-bond acceptors (Lipinski definition) is 5. The fourth-order valence-electron chi connectivity index (χ4n) is 1.71. The summed E-state index contributed by atoms with van der Waals surface area (Å²) < 4.78 is 31.1. The SMILES string of the molecule is CNS(=O)(=O)c1cc(C(=O)NCCCCN)ccc1OC. The zero-order chi connectivity index (χ0) is 15.9. The van der Waals surface area contributed by atoms with E-state index in [2.05, 4.69) is 10.0 Å². The van der Waals surface area contributed by atoms with Crippen LogP contribution in [0.25, 0.3) is 0 Å². The first-order valence-electron chi connectivity index (χ1n) is 6.56. The number of ether oxygens (including phenoxy) is 1. The molecular weight excluding hydrogens is 294 g/mol. The molecule has 0 spiro atoms. The number of nitrogens with one attached hydrogen (secondary N) is 2. The Labute approximate surface area is 124 Å². The average molecular weight is 315 g/mol. The van der Waals surface area contributed by atoms with Gasteiger partial charge in [0.15, 0.2) is 0 Å². The predicted octanol–water partition coefficient (Wildman–Crippen LogP) is 0.0720. The van der Waals surface area contributed by atoms with Crippen molar-refractivity contribution in [2.24, 2.45) is 5.73 Å². The van der Waals surface area contributed by atoms with E-state index >= 15 is 0 Å². The molecule has 4 N–H and O–H groups in total. The summed E-state index contributed by atoms with van der Waals surface area (Å²) in [6, 6.07) is 4.27. The molecule has 0 heterocycles. The largest absolute Gasteiger partial charge is 0.495 e. The normalized spacial score (nSPS) is 11.2. The molecule has 118 valence electrons. The molecule has 1 aromatic rings. The highest BCUT2D eigenvalue weighted by Crippen LogP contribution is 2.24. The number of carbonyl (C=O) groups excluding carboxylic acids is 1. The molecule has 21 heavy (non-hydrogen) atoms. The fourth-order valence-corrected chi connectivity index (χ4v) is 2.63. The first-order chi connectivity index (χ1) is 9.96. The minimum Gasteiger partial charge on any atom is -0.495 e. The topological polar surface area (TPSA) is 111 Å². The summed E-state index contributed by atoms with van der Waals surface area (Å²) in [5.74, 6) is -0.147. The maximum atomic E-state index is 12.0. The standard InChI is InChI=1S/C13H21N3O4S/c1-15-21(18,19)12-9-10(5-6-11(12)20-2)13(17)16-8-4-3-7-14/h5-6,9,15H,3-4,7-8,14H2,1-2H3,(H,16,17). The van der Waals surface area contributed by atoms with Gasteiger partial charge in [0.05, 0.1) is 7.11 Å². The van der Waals surface area contributed by atoms with Gasteiger partial charge in [0, 0.05) is 12.1 Å². The molecule has 1 amide bonds. The van der Waals surface area contributed by atoms with Crippen LogP contribution in [0.15, 0.2) is 23.1 Å². The second kappa shape index (κ2) is 7.96. The van der Waals surface area contributed by atoms with Gasteiger partial charge < -0.3 is 15.8 Å². The van der Waals surface area contributed by atoms with Crippen LogP contribution in [0.4, 0.5) is 0 Å². The van der Waals surface area contributed by atoms with Crippen molar-refractivity contribution in [2.75, 3.05) is 27.2 Å². The van der Waals surface area contributed by atoms with Crippen LogP contribution in [0.1, 0.15) is 23.2 Å². The molecule has 1 aromatic carbocycles. The summed E-state index contributed by atoms with van der Waals surface area (Å²) in [4.78, 5) is 11.9. The fraction of sp³-hybridized carbons (Fsp3) is 0.462. The molecule has 0 aliphatic heterocycles. The van der Waals surface area contributed by atoms with Crippen LogP contribution in [0.3, 0.4) is 0 Å². The van der Waals surface area contributed by atoms with Crippen molar-refractivity contribution in [2.45, 2.75) is 17.7 Å². The summed E-state index contributed by atoms with van der Waals surface area (Å²) in [5.41, 5.74) is 5.63. The van der Waals surface area contributed by atoms with E-state index in [1.807, 2.05) is 0 Å². The van der Waals surface area contributed by atoms with Gasteiger partial charge in [-0.2, -0.15) is 0 Å². The quantitative estimate of drug-likeness (QED) is 0.588. The Bertz CT molecular complexity index is 587. The predicted molar refractivity (Wildman–Crippen MR) is 79.9 cm³/mol. The molecule has 0 saturated carbocycles. The molecule has 1 rings (SSSR count). The van der Waals surface area contributed by atoms with Crippen LogP contribution in [0, 0.1) is 0 Å². The van der Waals surface area contributed by atoms with Gasteiger partial charge in [-0.25, -0.2) is 13.1 Å². The minimum atomic E-state index is -3.70. The molecule has 8 heteroatoms. The van der Waals surface area contributed by atoms with E-state index in [1.54, 1.807) is 0 Å². The third-order valence-electron chi connectivity index (χ3n) is 2.90. The molecule has 0 radical (unpaired) electrons. The highest BCUT2D eigenvalue weighted by atomic mass is 32.2. The van der Waals surface area contributed by atoms with E-state index in [4.69, 9.17) is 10.5 Å². The van der Waals surface area contributed by atoms with Crippen molar-refractivity contribution in [1.29, 1.82) is 0 Å². The summed E-state index contributed by atoms with van der Waals surface area (Å²) in [7, 11) is -1.03. The maximum Gasteiger partial charge on any atom is 0.251 e. The van der Waals surface area contributed by atoms with Gasteiger partial charge in [0.1, 0.15) is 10.6 Å². The van der Waals surface area contributed by atoms with Crippen LogP contribution in [-0.4, -0.2) is 41.6 Å². The number of benzene rings is 1. The molecular formula is C13H21N3O4S. The molecule has 0 bridgehead atoms. The van der Waals surface area contributed by atoms with Gasteiger partial charge in [-0.15, -0.1) is 0 Å². The first-order valence-corrected chi connectivity index (χ1v) is 8.04. The Balaban J connectivity index is 2.95. The lowest BCUT2D eigenvalue weighted by Crippen LogP contribution is -2.26. The number of amides is 1. The van der Waals surface area contributed by atoms with Crippen molar-refractivity contribution in [3.8, 4) is 5.75 Å². The van der Waals surface area contributed by atoms with Crippen molar-refractivity contribution in [3.05, 3.63) is 23.8 Å². The number of sulfonamides is 1. The van der Waals surface area contributed by atoms with Gasteiger partial charge in [-0.1, -0.05) is 0 Å². The average Bonchev–Trinajstić information content (AvgIpc) is 2.50. The van der Waals surface area contributed by atoms with E-state index < -0.39 is 10.0 Å². The van der Waals surface area contributed by atoms with Crippen LogP contribution in [0.2, 0.25) is 0 Å². The monoisotopic (exact) mass is 315 g/mol. The summed E-state index contributed by atoms with van der Waals surface area (Å²) in [5, 5.41) is 2.72. The third-order valence-corrected chi connectivity index (χ3v) is 4.34. The van der Waals surface area contributed by atoms with Crippen molar-refractivity contribution in [1.82, 2.24) is 10.0 Å². The van der Waals surface area contributed by atoms with Crippen LogP contribution in [-0.2, 0) is 10.0 Å². The second-order valence-corrected chi connectivity index (χ2v) is 6.18. The Morgan fingerprint density at radius 3 is 2.62 bits per heavy atom. The van der Waals surface area contributed by atoms with Crippen molar-refractivity contribution >= 4 is 15.9 Å². The zero-order valence-electron chi connectivity index (χ0n) is 12.2. The van der Waals surface area contributed by atoms with Crippen LogP contribution in [0.5, 0.6) is 5.75 Å². The van der Waals surface area contributed by atoms with E-state index in [0.717, 1.165) is 12.8 Å². The number of methoxy groups -OCH3 is 1. The van der Waals surface area contributed by atoms with Crippen molar-refractivity contribution in [3.63, 3.8) is 0 Å². The summed E-state index contributed by atoms with van der Waals surface area (Å²) >= 11 is 0. The van der Waals surface area contributed by atoms with Gasteiger partial charge in [0.25, 0.3) is 5.91 Å².